The Labute approximate surface area is 169 Å². The second-order valence-electron chi connectivity index (χ2n) is 8.20. The molecule has 1 aromatic carbocycles. The maximum absolute atomic E-state index is 12.6. The minimum Gasteiger partial charge on any atom is -0.342 e. The summed E-state index contributed by atoms with van der Waals surface area (Å²) < 4.78 is 0. The number of aryl methyl sites for hydroxylation is 1. The van der Waals surface area contributed by atoms with Crippen molar-refractivity contribution in [3.8, 4) is 0 Å². The van der Waals surface area contributed by atoms with Crippen LogP contribution in [-0.2, 0) is 22.4 Å². The summed E-state index contributed by atoms with van der Waals surface area (Å²) in [5, 5.41) is 0. The lowest BCUT2D eigenvalue weighted by Crippen LogP contribution is -2.52. The third-order valence-electron chi connectivity index (χ3n) is 5.99. The molecule has 0 aliphatic carbocycles. The van der Waals surface area contributed by atoms with E-state index in [9.17, 15) is 9.59 Å². The highest BCUT2D eigenvalue weighted by Gasteiger charge is 2.24. The molecule has 5 heteroatoms. The van der Waals surface area contributed by atoms with Crippen LogP contribution >= 0.6 is 0 Å². The average Bonchev–Trinajstić information content (AvgIpc) is 2.74. The lowest BCUT2D eigenvalue weighted by Gasteiger charge is -2.36. The summed E-state index contributed by atoms with van der Waals surface area (Å²) in [6, 6.07) is 8.50. The van der Waals surface area contributed by atoms with Crippen molar-refractivity contribution in [3.05, 3.63) is 35.4 Å². The highest BCUT2D eigenvalue weighted by Crippen LogP contribution is 2.12. The number of carbonyl (C=O) groups excluding carboxylic acids is 2. The normalized spacial score (nSPS) is 18.3. The quantitative estimate of drug-likeness (QED) is 0.725. The molecule has 5 nitrogen and oxygen atoms in total. The Morgan fingerprint density at radius 3 is 2.04 bits per heavy atom. The van der Waals surface area contributed by atoms with Crippen LogP contribution in [0.1, 0.15) is 50.2 Å². The monoisotopic (exact) mass is 385 g/mol. The number of carbonyl (C=O) groups is 2. The van der Waals surface area contributed by atoms with Gasteiger partial charge >= 0.3 is 0 Å². The van der Waals surface area contributed by atoms with Gasteiger partial charge in [0.15, 0.2) is 0 Å². The molecule has 2 saturated heterocycles. The fraction of sp³-hybridized carbons (Fsp3) is 0.652. The van der Waals surface area contributed by atoms with E-state index in [0.29, 0.717) is 13.0 Å². The molecule has 2 fully saturated rings. The molecule has 28 heavy (non-hydrogen) atoms. The molecule has 0 saturated carbocycles. The molecule has 3 rings (SSSR count). The van der Waals surface area contributed by atoms with E-state index in [0.717, 1.165) is 64.1 Å². The van der Waals surface area contributed by atoms with E-state index in [4.69, 9.17) is 0 Å². The molecule has 0 unspecified atom stereocenters. The van der Waals surface area contributed by atoms with Crippen LogP contribution in [0.25, 0.3) is 0 Å². The predicted octanol–water partition coefficient (Wildman–Crippen LogP) is 2.73. The summed E-state index contributed by atoms with van der Waals surface area (Å²) in [5.74, 6) is 0.450. The summed E-state index contributed by atoms with van der Waals surface area (Å²) >= 11 is 0. The Morgan fingerprint density at radius 1 is 0.786 bits per heavy atom. The third kappa shape index (κ3) is 6.06. The molecule has 2 heterocycles. The Morgan fingerprint density at radius 2 is 1.39 bits per heavy atom. The van der Waals surface area contributed by atoms with Crippen molar-refractivity contribution in [1.29, 1.82) is 0 Å². The van der Waals surface area contributed by atoms with Gasteiger partial charge in [-0.25, -0.2) is 0 Å². The van der Waals surface area contributed by atoms with E-state index in [1.807, 2.05) is 9.80 Å². The molecule has 0 radical (unpaired) electrons. The topological polar surface area (TPSA) is 43.9 Å². The molecular weight excluding hydrogens is 350 g/mol. The SMILES string of the molecule is CCCCc1ccc(CC(=O)N2CCN(CC(=O)N3CCCCC3)CC2)cc1. The van der Waals surface area contributed by atoms with Gasteiger partial charge in [-0.05, 0) is 43.2 Å². The van der Waals surface area contributed by atoms with Crippen LogP contribution in [0.15, 0.2) is 24.3 Å². The summed E-state index contributed by atoms with van der Waals surface area (Å²) in [6.07, 6.45) is 7.51. The summed E-state index contributed by atoms with van der Waals surface area (Å²) in [5.41, 5.74) is 2.44. The summed E-state index contributed by atoms with van der Waals surface area (Å²) in [6.45, 7) is 7.56. The van der Waals surface area contributed by atoms with Crippen LogP contribution in [0.4, 0.5) is 0 Å². The number of rotatable bonds is 7. The van der Waals surface area contributed by atoms with E-state index in [2.05, 4.69) is 36.1 Å². The standard InChI is InChI=1S/C23H35N3O2/c1-2-3-7-20-8-10-21(11-9-20)18-22(27)26-16-14-24(15-17-26)19-23(28)25-12-5-4-6-13-25/h8-11H,2-7,12-19H2,1H3. The zero-order chi connectivity index (χ0) is 19.8. The fourth-order valence-corrected chi connectivity index (χ4v) is 4.08. The van der Waals surface area contributed by atoms with Crippen LogP contribution < -0.4 is 0 Å². The van der Waals surface area contributed by atoms with Crippen LogP contribution in [0.3, 0.4) is 0 Å². The van der Waals surface area contributed by atoms with Gasteiger partial charge in [-0.3, -0.25) is 14.5 Å². The Bertz CT molecular complexity index is 630. The number of likely N-dealkylation sites (tertiary alicyclic amines) is 1. The van der Waals surface area contributed by atoms with Gasteiger partial charge in [-0.2, -0.15) is 0 Å². The number of hydrogen-bond acceptors (Lipinski definition) is 3. The average molecular weight is 386 g/mol. The molecule has 1 aromatic rings. The van der Waals surface area contributed by atoms with Crippen molar-refractivity contribution in [2.24, 2.45) is 0 Å². The zero-order valence-corrected chi connectivity index (χ0v) is 17.4. The second kappa shape index (κ2) is 10.6. The molecule has 0 bridgehead atoms. The smallest absolute Gasteiger partial charge is 0.236 e. The van der Waals surface area contributed by atoms with Gasteiger partial charge < -0.3 is 9.80 Å². The zero-order valence-electron chi connectivity index (χ0n) is 17.4. The van der Waals surface area contributed by atoms with Crippen molar-refractivity contribution < 1.29 is 9.59 Å². The number of unbranched alkanes of at least 4 members (excludes halogenated alkanes) is 1. The molecule has 2 aliphatic rings. The van der Waals surface area contributed by atoms with E-state index in [1.165, 1.54) is 24.8 Å². The van der Waals surface area contributed by atoms with Crippen LogP contribution in [-0.4, -0.2) is 72.3 Å². The number of hydrogen-bond donors (Lipinski definition) is 0. The van der Waals surface area contributed by atoms with E-state index < -0.39 is 0 Å². The maximum Gasteiger partial charge on any atom is 0.236 e. The first-order valence-electron chi connectivity index (χ1n) is 11.0. The van der Waals surface area contributed by atoms with Gasteiger partial charge in [-0.1, -0.05) is 37.6 Å². The Balaban J connectivity index is 1.40. The van der Waals surface area contributed by atoms with E-state index in [-0.39, 0.29) is 11.8 Å². The van der Waals surface area contributed by atoms with E-state index in [1.54, 1.807) is 0 Å². The first-order chi connectivity index (χ1) is 13.7. The van der Waals surface area contributed by atoms with Crippen molar-refractivity contribution in [2.75, 3.05) is 45.8 Å². The lowest BCUT2D eigenvalue weighted by atomic mass is 10.0. The van der Waals surface area contributed by atoms with Crippen molar-refractivity contribution in [2.45, 2.75) is 51.9 Å². The number of amides is 2. The second-order valence-corrected chi connectivity index (χ2v) is 8.20. The number of benzene rings is 1. The van der Waals surface area contributed by atoms with Crippen molar-refractivity contribution in [3.63, 3.8) is 0 Å². The first-order valence-corrected chi connectivity index (χ1v) is 11.0. The van der Waals surface area contributed by atoms with Gasteiger partial charge in [-0.15, -0.1) is 0 Å². The lowest BCUT2D eigenvalue weighted by molar-refractivity contribution is -0.135. The van der Waals surface area contributed by atoms with Gasteiger partial charge in [0, 0.05) is 39.3 Å². The summed E-state index contributed by atoms with van der Waals surface area (Å²) in [7, 11) is 0. The molecule has 0 spiro atoms. The molecule has 0 atom stereocenters. The first kappa shape index (κ1) is 20.8. The molecular formula is C23H35N3O2. The number of piperazine rings is 1. The van der Waals surface area contributed by atoms with Gasteiger partial charge in [0.25, 0.3) is 0 Å². The van der Waals surface area contributed by atoms with Gasteiger partial charge in [0.05, 0.1) is 13.0 Å². The highest BCUT2D eigenvalue weighted by molar-refractivity contribution is 5.79. The third-order valence-corrected chi connectivity index (χ3v) is 5.99. The molecule has 154 valence electrons. The van der Waals surface area contributed by atoms with Crippen LogP contribution in [0.2, 0.25) is 0 Å². The van der Waals surface area contributed by atoms with Crippen LogP contribution in [0, 0.1) is 0 Å². The molecule has 2 aliphatic heterocycles. The molecule has 2 amide bonds. The highest BCUT2D eigenvalue weighted by atomic mass is 16.2. The van der Waals surface area contributed by atoms with Crippen LogP contribution in [0.5, 0.6) is 0 Å². The molecule has 0 N–H and O–H groups in total. The predicted molar refractivity (Wildman–Crippen MR) is 112 cm³/mol. The Hall–Kier alpha value is -1.88. The number of nitrogens with zero attached hydrogens (tertiary/aromatic N) is 3. The van der Waals surface area contributed by atoms with Crippen molar-refractivity contribution >= 4 is 11.8 Å². The minimum absolute atomic E-state index is 0.198. The van der Waals surface area contributed by atoms with Gasteiger partial charge in [0.2, 0.25) is 11.8 Å². The molecule has 0 aromatic heterocycles. The van der Waals surface area contributed by atoms with Gasteiger partial charge in [0.1, 0.15) is 0 Å². The summed E-state index contributed by atoms with van der Waals surface area (Å²) in [4.78, 5) is 31.2. The van der Waals surface area contributed by atoms with E-state index >= 15 is 0 Å². The van der Waals surface area contributed by atoms with Crippen molar-refractivity contribution in [1.82, 2.24) is 14.7 Å². The Kier molecular flexibility index (Phi) is 7.90. The largest absolute Gasteiger partial charge is 0.342 e. The maximum atomic E-state index is 12.6. The fourth-order valence-electron chi connectivity index (χ4n) is 4.08. The number of piperidine rings is 1. The minimum atomic E-state index is 0.198.